The molecular weight excluding hydrogens is 389 g/mol. The molecule has 2 aromatic heterocycles. The standard InChI is InChI=1S/C17H13Cl2N7O/c1-9-14(16(27)22-11-3-2-6-20-8-11)15(26-17(21-9)23-24-25-26)12-5-4-10(18)7-13(12)19/h2-8,15H,1H3,(H,22,27)(H,21,23,25)/t15-/m0/s1. The van der Waals surface area contributed by atoms with Crippen LogP contribution >= 0.6 is 23.2 Å². The van der Waals surface area contributed by atoms with Crippen LogP contribution in [0.25, 0.3) is 0 Å². The van der Waals surface area contributed by atoms with Gasteiger partial charge in [0.15, 0.2) is 0 Å². The second kappa shape index (κ2) is 6.98. The molecule has 0 bridgehead atoms. The highest BCUT2D eigenvalue weighted by atomic mass is 35.5. The van der Waals surface area contributed by atoms with Crippen LogP contribution in [0.4, 0.5) is 11.6 Å². The lowest BCUT2D eigenvalue weighted by molar-refractivity contribution is -0.113. The average Bonchev–Trinajstić information content (AvgIpc) is 3.09. The van der Waals surface area contributed by atoms with Crippen LogP contribution in [-0.2, 0) is 4.79 Å². The number of benzene rings is 1. The summed E-state index contributed by atoms with van der Waals surface area (Å²) in [6.45, 7) is 1.78. The first-order chi connectivity index (χ1) is 13.0. The Bertz CT molecular complexity index is 1050. The van der Waals surface area contributed by atoms with Crippen molar-refractivity contribution in [1.29, 1.82) is 0 Å². The molecule has 0 saturated carbocycles. The topological polar surface area (TPSA) is 97.6 Å². The number of hydrogen-bond acceptors (Lipinski definition) is 6. The van der Waals surface area contributed by atoms with Gasteiger partial charge in [-0.25, -0.2) is 0 Å². The normalized spacial score (nSPS) is 15.9. The number of rotatable bonds is 3. The van der Waals surface area contributed by atoms with Crippen LogP contribution in [0, 0.1) is 0 Å². The quantitative estimate of drug-likeness (QED) is 0.698. The first-order valence-electron chi connectivity index (χ1n) is 7.96. The minimum atomic E-state index is -0.613. The van der Waals surface area contributed by atoms with Gasteiger partial charge >= 0.3 is 0 Å². The molecule has 1 aliphatic rings. The number of fused-ring (bicyclic) bond motifs is 1. The third-order valence-electron chi connectivity index (χ3n) is 4.14. The van der Waals surface area contributed by atoms with Crippen molar-refractivity contribution in [1.82, 2.24) is 25.2 Å². The van der Waals surface area contributed by atoms with E-state index in [0.29, 0.717) is 38.5 Å². The molecule has 4 rings (SSSR count). The summed E-state index contributed by atoms with van der Waals surface area (Å²) in [5.74, 6) is 0.103. The van der Waals surface area contributed by atoms with Crippen molar-refractivity contribution >= 4 is 40.7 Å². The van der Waals surface area contributed by atoms with Gasteiger partial charge in [0.1, 0.15) is 6.04 Å². The Morgan fingerprint density at radius 2 is 2.15 bits per heavy atom. The lowest BCUT2D eigenvalue weighted by Crippen LogP contribution is -2.31. The van der Waals surface area contributed by atoms with E-state index in [1.807, 2.05) is 0 Å². The summed E-state index contributed by atoms with van der Waals surface area (Å²) in [6, 6.07) is 7.97. The summed E-state index contributed by atoms with van der Waals surface area (Å²) in [6.07, 6.45) is 3.20. The van der Waals surface area contributed by atoms with Crippen molar-refractivity contribution < 1.29 is 4.79 Å². The SMILES string of the molecule is CC1=C(C(=O)Nc2cccnc2)[C@H](c2ccc(Cl)cc2Cl)n2nnnc2N1. The number of aromatic nitrogens is 5. The fourth-order valence-corrected chi connectivity index (χ4v) is 3.46. The van der Waals surface area contributed by atoms with Crippen molar-refractivity contribution in [3.63, 3.8) is 0 Å². The van der Waals surface area contributed by atoms with Gasteiger partial charge in [-0.2, -0.15) is 4.68 Å². The highest BCUT2D eigenvalue weighted by molar-refractivity contribution is 6.35. The third kappa shape index (κ3) is 3.24. The van der Waals surface area contributed by atoms with E-state index < -0.39 is 6.04 Å². The molecule has 10 heteroatoms. The molecule has 3 heterocycles. The molecule has 1 aromatic carbocycles. The van der Waals surface area contributed by atoms with Gasteiger partial charge in [0.2, 0.25) is 5.95 Å². The fraction of sp³-hybridized carbons (Fsp3) is 0.118. The minimum absolute atomic E-state index is 0.315. The Labute approximate surface area is 164 Å². The fourth-order valence-electron chi connectivity index (χ4n) is 2.95. The van der Waals surface area contributed by atoms with Gasteiger partial charge in [0, 0.05) is 27.5 Å². The van der Waals surface area contributed by atoms with Gasteiger partial charge in [0.05, 0.1) is 17.5 Å². The van der Waals surface area contributed by atoms with E-state index in [9.17, 15) is 4.79 Å². The summed E-state index contributed by atoms with van der Waals surface area (Å²) < 4.78 is 1.51. The Morgan fingerprint density at radius 3 is 2.89 bits per heavy atom. The predicted octanol–water partition coefficient (Wildman–Crippen LogP) is 3.30. The van der Waals surface area contributed by atoms with E-state index in [2.05, 4.69) is 31.1 Å². The lowest BCUT2D eigenvalue weighted by atomic mass is 9.95. The molecule has 0 aliphatic carbocycles. The second-order valence-corrected chi connectivity index (χ2v) is 6.72. The number of hydrogen-bond donors (Lipinski definition) is 2. The zero-order valence-corrected chi connectivity index (χ0v) is 15.5. The van der Waals surface area contributed by atoms with Crippen LogP contribution in [0.3, 0.4) is 0 Å². The molecule has 2 N–H and O–H groups in total. The number of nitrogens with zero attached hydrogens (tertiary/aromatic N) is 5. The Balaban J connectivity index is 1.81. The average molecular weight is 402 g/mol. The van der Waals surface area contributed by atoms with Crippen LogP contribution in [-0.4, -0.2) is 31.1 Å². The number of carbonyl (C=O) groups excluding carboxylic acids is 1. The summed E-state index contributed by atoms with van der Waals surface area (Å²) in [4.78, 5) is 17.1. The molecule has 0 saturated heterocycles. The molecular formula is C17H13Cl2N7O. The first-order valence-corrected chi connectivity index (χ1v) is 8.72. The summed E-state index contributed by atoms with van der Waals surface area (Å²) >= 11 is 12.5. The highest BCUT2D eigenvalue weighted by Gasteiger charge is 2.35. The molecule has 0 radical (unpaired) electrons. The number of pyridine rings is 1. The van der Waals surface area contributed by atoms with E-state index in [1.165, 1.54) is 4.68 Å². The largest absolute Gasteiger partial charge is 0.326 e. The van der Waals surface area contributed by atoms with Crippen molar-refractivity contribution in [3.8, 4) is 0 Å². The van der Waals surface area contributed by atoms with E-state index >= 15 is 0 Å². The highest BCUT2D eigenvalue weighted by Crippen LogP contribution is 2.38. The van der Waals surface area contributed by atoms with Crippen molar-refractivity contribution in [2.45, 2.75) is 13.0 Å². The third-order valence-corrected chi connectivity index (χ3v) is 4.70. The van der Waals surface area contributed by atoms with Crippen LogP contribution in [0.5, 0.6) is 0 Å². The van der Waals surface area contributed by atoms with Gasteiger partial charge < -0.3 is 10.6 Å². The summed E-state index contributed by atoms with van der Waals surface area (Å²) in [5, 5.41) is 18.5. The first kappa shape index (κ1) is 17.4. The monoisotopic (exact) mass is 401 g/mol. The number of anilines is 2. The number of nitrogens with one attached hydrogen (secondary N) is 2. The van der Waals surface area contributed by atoms with Crippen LogP contribution in [0.15, 0.2) is 54.0 Å². The number of tetrazole rings is 1. The molecule has 8 nitrogen and oxygen atoms in total. The van der Waals surface area contributed by atoms with Gasteiger partial charge in [0.25, 0.3) is 5.91 Å². The summed E-state index contributed by atoms with van der Waals surface area (Å²) in [7, 11) is 0. The van der Waals surface area contributed by atoms with Gasteiger partial charge in [-0.1, -0.05) is 34.4 Å². The van der Waals surface area contributed by atoms with Crippen molar-refractivity contribution in [3.05, 3.63) is 69.6 Å². The maximum Gasteiger partial charge on any atom is 0.255 e. The Hall–Kier alpha value is -2.97. The van der Waals surface area contributed by atoms with Crippen molar-refractivity contribution in [2.24, 2.45) is 0 Å². The molecule has 136 valence electrons. The Morgan fingerprint density at radius 1 is 1.30 bits per heavy atom. The number of carbonyl (C=O) groups is 1. The van der Waals surface area contributed by atoms with Crippen molar-refractivity contribution in [2.75, 3.05) is 10.6 Å². The van der Waals surface area contributed by atoms with E-state index in [0.717, 1.165) is 0 Å². The zero-order valence-electron chi connectivity index (χ0n) is 14.0. The maximum atomic E-state index is 13.1. The van der Waals surface area contributed by atoms with Gasteiger partial charge in [-0.3, -0.25) is 9.78 Å². The lowest BCUT2D eigenvalue weighted by Gasteiger charge is -2.28. The van der Waals surface area contributed by atoms with Crippen LogP contribution < -0.4 is 10.6 Å². The maximum absolute atomic E-state index is 13.1. The minimum Gasteiger partial charge on any atom is -0.326 e. The van der Waals surface area contributed by atoms with E-state index in [1.54, 1.807) is 49.6 Å². The summed E-state index contributed by atoms with van der Waals surface area (Å²) in [5.41, 5.74) is 2.29. The second-order valence-electron chi connectivity index (χ2n) is 5.87. The number of halogens is 2. The molecule has 1 atom stereocenters. The van der Waals surface area contributed by atoms with E-state index in [-0.39, 0.29) is 5.91 Å². The molecule has 0 spiro atoms. The zero-order chi connectivity index (χ0) is 19.0. The molecule has 1 amide bonds. The van der Waals surface area contributed by atoms with Gasteiger partial charge in [-0.15, -0.1) is 0 Å². The van der Waals surface area contributed by atoms with Crippen LogP contribution in [0.1, 0.15) is 18.5 Å². The molecule has 0 unspecified atom stereocenters. The molecule has 3 aromatic rings. The molecule has 0 fully saturated rings. The smallest absolute Gasteiger partial charge is 0.255 e. The predicted molar refractivity (Wildman–Crippen MR) is 102 cm³/mol. The van der Waals surface area contributed by atoms with Crippen LogP contribution in [0.2, 0.25) is 10.0 Å². The molecule has 27 heavy (non-hydrogen) atoms. The van der Waals surface area contributed by atoms with Gasteiger partial charge in [-0.05, 0) is 41.6 Å². The number of amides is 1. The van der Waals surface area contributed by atoms with E-state index in [4.69, 9.17) is 23.2 Å². The molecule has 1 aliphatic heterocycles. The Kier molecular flexibility index (Phi) is 4.51. The number of allylic oxidation sites excluding steroid dienone is 1.